The van der Waals surface area contributed by atoms with Crippen LogP contribution < -0.4 is 4.74 Å². The molecular weight excluding hydrogens is 1060 g/mol. The molecule has 3 heterocycles. The second-order valence-electron chi connectivity index (χ2n) is 23.2. The van der Waals surface area contributed by atoms with Crippen LogP contribution in [0.4, 0.5) is 0 Å². The third-order valence-corrected chi connectivity index (χ3v) is 13.8. The molecule has 0 unspecified atom stereocenters. The van der Waals surface area contributed by atoms with Crippen molar-refractivity contribution >= 4 is 21.8 Å². The molecule has 0 saturated heterocycles. The topological polar surface area (TPSA) is 44.9 Å². The van der Waals surface area contributed by atoms with E-state index < -0.39 is 0 Å². The Balaban J connectivity index is 0.00000640. The molecule has 0 radical (unpaired) electrons. The van der Waals surface area contributed by atoms with Crippen molar-refractivity contribution in [1.82, 2.24) is 19.3 Å². The van der Waals surface area contributed by atoms with E-state index >= 15 is 0 Å². The summed E-state index contributed by atoms with van der Waals surface area (Å²) >= 11 is 0. The normalized spacial score (nSPS) is 12.3. The summed E-state index contributed by atoms with van der Waals surface area (Å²) < 4.78 is 11.1. The third-order valence-electron chi connectivity index (χ3n) is 13.8. The first kappa shape index (κ1) is 50.1. The zero-order valence-corrected chi connectivity index (χ0v) is 46.0. The van der Waals surface area contributed by atoms with E-state index in [4.69, 9.17) is 14.8 Å². The molecule has 364 valence electrons. The first-order valence-corrected chi connectivity index (χ1v) is 24.9. The quantitative estimate of drug-likeness (QED) is 0.142. The van der Waals surface area contributed by atoms with Crippen LogP contribution in [-0.2, 0) is 42.7 Å². The number of pyridine rings is 1. The molecule has 10 aromatic rings. The van der Waals surface area contributed by atoms with Crippen molar-refractivity contribution in [2.45, 2.75) is 105 Å². The number of benzene rings is 7. The van der Waals surface area contributed by atoms with Crippen molar-refractivity contribution in [2.24, 2.45) is 0 Å². The molecule has 0 spiro atoms. The van der Waals surface area contributed by atoms with Crippen molar-refractivity contribution < 1.29 is 25.8 Å². The van der Waals surface area contributed by atoms with Crippen LogP contribution in [0.25, 0.3) is 77.8 Å². The summed E-state index contributed by atoms with van der Waals surface area (Å²) in [5.74, 6) is 2.05. The van der Waals surface area contributed by atoms with Gasteiger partial charge in [0.15, 0.2) is 0 Å². The minimum atomic E-state index is -0.232. The fraction of sp³-hybridized carbons (Fsp3) is 0.242. The Kier molecular flexibility index (Phi) is 13.2. The monoisotopic (exact) mass is 1120 g/mol. The Morgan fingerprint density at radius 3 is 1.76 bits per heavy atom. The van der Waals surface area contributed by atoms with Crippen LogP contribution in [0, 0.1) is 12.1 Å². The molecule has 0 saturated carbocycles. The summed E-state index contributed by atoms with van der Waals surface area (Å²) in [6.45, 7) is 27.1. The van der Waals surface area contributed by atoms with Gasteiger partial charge in [0.2, 0.25) is 0 Å². The number of aromatic nitrogens is 4. The second-order valence-corrected chi connectivity index (χ2v) is 23.2. The zero-order valence-electron chi connectivity index (χ0n) is 43.7. The molecule has 6 heteroatoms. The van der Waals surface area contributed by atoms with Gasteiger partial charge < -0.3 is 9.30 Å². The van der Waals surface area contributed by atoms with Crippen LogP contribution in [0.5, 0.6) is 11.5 Å². The van der Waals surface area contributed by atoms with Gasteiger partial charge >= 0.3 is 21.1 Å². The average molecular weight is 1120 g/mol. The van der Waals surface area contributed by atoms with Gasteiger partial charge in [0.05, 0.1) is 6.20 Å². The van der Waals surface area contributed by atoms with Gasteiger partial charge in [-0.05, 0) is 101 Å². The van der Waals surface area contributed by atoms with Crippen LogP contribution in [0.1, 0.15) is 105 Å². The van der Waals surface area contributed by atoms with Gasteiger partial charge in [-0.1, -0.05) is 203 Å². The summed E-state index contributed by atoms with van der Waals surface area (Å²) in [4.78, 5) is 5.08. The van der Waals surface area contributed by atoms with Crippen LogP contribution in [0.15, 0.2) is 170 Å². The number of ether oxygens (including phenoxy) is 1. The van der Waals surface area contributed by atoms with Gasteiger partial charge in [-0.15, -0.1) is 35.2 Å². The van der Waals surface area contributed by atoms with Gasteiger partial charge in [-0.3, -0.25) is 4.68 Å². The van der Waals surface area contributed by atoms with E-state index in [2.05, 4.69) is 252 Å². The summed E-state index contributed by atoms with van der Waals surface area (Å²) in [5.41, 5.74) is 16.6. The number of rotatable bonds is 8. The minimum Gasteiger partial charge on any atom is -0.509 e. The molecule has 10 rings (SSSR count). The fourth-order valence-electron chi connectivity index (χ4n) is 9.71. The number of fused-ring (bicyclic) bond motifs is 3. The molecule has 0 atom stereocenters. The second kappa shape index (κ2) is 19.0. The number of hydrogen-bond donors (Lipinski definition) is 0. The van der Waals surface area contributed by atoms with Gasteiger partial charge in [0.1, 0.15) is 5.82 Å². The van der Waals surface area contributed by atoms with Gasteiger partial charge in [0, 0.05) is 35.0 Å². The maximum absolute atomic E-state index is 6.96. The smallest absolute Gasteiger partial charge is 0.509 e. The van der Waals surface area contributed by atoms with E-state index in [1.165, 1.54) is 44.5 Å². The van der Waals surface area contributed by atoms with E-state index in [-0.39, 0.29) is 42.7 Å². The Morgan fingerprint density at radius 2 is 1.10 bits per heavy atom. The standard InChI is InChI=1S/C66H64N4O.Pt/c1-63(2,3)48-27-33-59-56(37-48)55-31-29-51(40-60(55)70(59)62-36-46(34-35-67-62)54-30-26-49(64(4,5)6)38-58(54)66(10,11)12)71-61-39-50(28-32-57(61)65(7,8)9)69-42-47(41-68-69)43-22-24-45(25-23-43)53-21-17-16-20-52(53)44-18-14-13-15-19-44;/h13-38,41-42H,1-12H3;/q-2;+2. The molecule has 0 N–H and O–H groups in total. The maximum Gasteiger partial charge on any atom is 2.00 e. The van der Waals surface area contributed by atoms with E-state index in [9.17, 15) is 0 Å². The minimum absolute atomic E-state index is 0. The summed E-state index contributed by atoms with van der Waals surface area (Å²) in [6, 6.07) is 61.9. The Hall–Kier alpha value is -6.81. The van der Waals surface area contributed by atoms with Gasteiger partial charge in [0.25, 0.3) is 0 Å². The largest absolute Gasteiger partial charge is 2.00 e. The molecule has 0 amide bonds. The van der Waals surface area contributed by atoms with E-state index in [1.807, 2.05) is 23.1 Å². The van der Waals surface area contributed by atoms with Crippen molar-refractivity contribution in [1.29, 1.82) is 0 Å². The Bertz CT molecular complexity index is 3590. The fourth-order valence-corrected chi connectivity index (χ4v) is 9.71. The van der Waals surface area contributed by atoms with Crippen LogP contribution in [0.2, 0.25) is 0 Å². The molecule has 0 bridgehead atoms. The first-order valence-electron chi connectivity index (χ1n) is 24.9. The SMILES string of the molecule is CC(C)(C)c1ccc(-c2ccnc(-n3c4[c-]c(Oc5[c-]c(-n6cc(-c7ccc(-c8ccccc8-c8ccccc8)cc7)cn6)ccc5C(C)(C)C)ccc4c4cc(C(C)(C)C)ccc43)c2)c(C(C)(C)C)c1.[Pt+2]. The molecule has 3 aromatic heterocycles. The molecule has 7 aromatic carbocycles. The van der Waals surface area contributed by atoms with Gasteiger partial charge in [-0.25, -0.2) is 4.98 Å². The molecule has 0 aliphatic rings. The summed E-state index contributed by atoms with van der Waals surface area (Å²) in [5, 5.41) is 7.08. The van der Waals surface area contributed by atoms with Crippen LogP contribution >= 0.6 is 0 Å². The molecule has 0 aliphatic carbocycles. The summed E-state index contributed by atoms with van der Waals surface area (Å²) in [7, 11) is 0. The predicted octanol–water partition coefficient (Wildman–Crippen LogP) is 17.6. The molecule has 0 fully saturated rings. The van der Waals surface area contributed by atoms with E-state index in [0.717, 1.165) is 55.6 Å². The molecule has 5 nitrogen and oxygen atoms in total. The van der Waals surface area contributed by atoms with Gasteiger partial charge in [-0.2, -0.15) is 17.2 Å². The van der Waals surface area contributed by atoms with Crippen molar-refractivity contribution in [3.05, 3.63) is 205 Å². The third kappa shape index (κ3) is 9.89. The van der Waals surface area contributed by atoms with Crippen molar-refractivity contribution in [2.75, 3.05) is 0 Å². The maximum atomic E-state index is 6.96. The van der Waals surface area contributed by atoms with Crippen molar-refractivity contribution in [3.63, 3.8) is 0 Å². The Morgan fingerprint density at radius 1 is 0.472 bits per heavy atom. The van der Waals surface area contributed by atoms with Crippen LogP contribution in [-0.4, -0.2) is 19.3 Å². The predicted molar refractivity (Wildman–Crippen MR) is 296 cm³/mol. The summed E-state index contributed by atoms with van der Waals surface area (Å²) in [6.07, 6.45) is 5.92. The van der Waals surface area contributed by atoms with Crippen molar-refractivity contribution in [3.8, 4) is 67.5 Å². The molecular formula is C66H64N4OPt. The average Bonchev–Trinajstić information content (AvgIpc) is 3.96. The Labute approximate surface area is 441 Å². The number of nitrogens with zero attached hydrogens (tertiary/aromatic N) is 4. The molecule has 0 aliphatic heterocycles. The zero-order chi connectivity index (χ0) is 50.0. The van der Waals surface area contributed by atoms with E-state index in [1.54, 1.807) is 0 Å². The molecule has 72 heavy (non-hydrogen) atoms. The van der Waals surface area contributed by atoms with E-state index in [0.29, 0.717) is 11.5 Å². The first-order chi connectivity index (χ1) is 33.7. The van der Waals surface area contributed by atoms with Crippen LogP contribution in [0.3, 0.4) is 0 Å². The number of hydrogen-bond acceptors (Lipinski definition) is 3.